The molecule has 5 nitrogen and oxygen atoms in total. The van der Waals surface area contributed by atoms with Crippen LogP contribution in [0.1, 0.15) is 18.1 Å². The minimum Gasteiger partial charge on any atom is -0.386 e. The summed E-state index contributed by atoms with van der Waals surface area (Å²) in [5.74, 6) is -0.610. The Kier molecular flexibility index (Phi) is 5.78. The van der Waals surface area contributed by atoms with E-state index in [4.69, 9.17) is 5.26 Å². The summed E-state index contributed by atoms with van der Waals surface area (Å²) in [6.07, 6.45) is 1.84. The fourth-order valence-electron chi connectivity index (χ4n) is 2.17. The highest BCUT2D eigenvalue weighted by Gasteiger charge is 2.22. The highest BCUT2D eigenvalue weighted by atomic mass is 19.1. The number of halogens is 1. The molecular formula is C17H16FN3O2. The van der Waals surface area contributed by atoms with E-state index in [1.54, 1.807) is 42.7 Å². The summed E-state index contributed by atoms with van der Waals surface area (Å²) in [4.78, 5) is 15.4. The zero-order valence-corrected chi connectivity index (χ0v) is 12.3. The number of nitrogens with one attached hydrogen (secondary N) is 1. The number of aromatic nitrogens is 1. The number of aliphatic hydroxyl groups is 1. The quantitative estimate of drug-likeness (QED) is 0.855. The number of aliphatic hydroxyl groups excluding tert-OH is 1. The van der Waals surface area contributed by atoms with E-state index in [9.17, 15) is 14.3 Å². The van der Waals surface area contributed by atoms with Crippen molar-refractivity contribution in [1.82, 2.24) is 10.3 Å². The number of hydrogen-bond donors (Lipinski definition) is 2. The largest absolute Gasteiger partial charge is 0.386 e. The van der Waals surface area contributed by atoms with Crippen LogP contribution < -0.4 is 5.32 Å². The molecule has 1 heterocycles. The topological polar surface area (TPSA) is 86.0 Å². The number of benzene rings is 1. The lowest BCUT2D eigenvalue weighted by atomic mass is 9.99. The molecule has 0 saturated carbocycles. The Labute approximate surface area is 133 Å². The standard InChI is InChI=1S/C17H16FN3O2/c18-10-15(21-16(22)7-8-19)17(23)13-5-3-12(4-6-13)14-2-1-9-20-11-14/h1-6,9,11,15,17,23H,7,10H2,(H,21,22)/t15-,17-/m1/s1. The van der Waals surface area contributed by atoms with E-state index in [-0.39, 0.29) is 6.42 Å². The molecule has 1 aromatic carbocycles. The maximum Gasteiger partial charge on any atom is 0.234 e. The molecule has 0 unspecified atom stereocenters. The monoisotopic (exact) mass is 313 g/mol. The van der Waals surface area contributed by atoms with Gasteiger partial charge in [0.15, 0.2) is 0 Å². The van der Waals surface area contributed by atoms with Gasteiger partial charge in [0.25, 0.3) is 0 Å². The Morgan fingerprint density at radius 2 is 2.04 bits per heavy atom. The van der Waals surface area contributed by atoms with E-state index in [0.29, 0.717) is 5.56 Å². The van der Waals surface area contributed by atoms with Crippen molar-refractivity contribution in [2.75, 3.05) is 6.67 Å². The van der Waals surface area contributed by atoms with Crippen molar-refractivity contribution in [3.8, 4) is 17.2 Å². The molecule has 2 aromatic rings. The van der Waals surface area contributed by atoms with Gasteiger partial charge < -0.3 is 10.4 Å². The van der Waals surface area contributed by atoms with Gasteiger partial charge >= 0.3 is 0 Å². The van der Waals surface area contributed by atoms with E-state index < -0.39 is 24.7 Å². The number of amides is 1. The minimum atomic E-state index is -1.19. The van der Waals surface area contributed by atoms with Gasteiger partial charge in [0.1, 0.15) is 19.2 Å². The Balaban J connectivity index is 2.11. The lowest BCUT2D eigenvalue weighted by Gasteiger charge is -2.21. The third kappa shape index (κ3) is 4.34. The molecule has 0 radical (unpaired) electrons. The molecule has 0 aliphatic rings. The summed E-state index contributed by atoms with van der Waals surface area (Å²) in [5, 5.41) is 21.0. The second kappa shape index (κ2) is 8.01. The smallest absolute Gasteiger partial charge is 0.234 e. The molecule has 0 spiro atoms. The molecule has 1 aromatic heterocycles. The predicted molar refractivity (Wildman–Crippen MR) is 82.8 cm³/mol. The lowest BCUT2D eigenvalue weighted by Crippen LogP contribution is -2.40. The first-order chi connectivity index (χ1) is 11.2. The first-order valence-corrected chi connectivity index (χ1v) is 7.06. The molecule has 0 bridgehead atoms. The fraction of sp³-hybridized carbons (Fsp3) is 0.235. The van der Waals surface area contributed by atoms with Crippen molar-refractivity contribution in [3.63, 3.8) is 0 Å². The Morgan fingerprint density at radius 1 is 1.30 bits per heavy atom. The number of nitriles is 1. The second-order valence-corrected chi connectivity index (χ2v) is 4.97. The van der Waals surface area contributed by atoms with Crippen LogP contribution in [0, 0.1) is 11.3 Å². The number of carbonyl (C=O) groups excluding carboxylic acids is 1. The molecule has 0 fully saturated rings. The molecule has 2 N–H and O–H groups in total. The van der Waals surface area contributed by atoms with Crippen LogP contribution >= 0.6 is 0 Å². The SMILES string of the molecule is N#CCC(=O)N[C@H](CF)[C@H](O)c1ccc(-c2cccnc2)cc1. The zero-order valence-electron chi connectivity index (χ0n) is 12.3. The number of hydrogen-bond acceptors (Lipinski definition) is 4. The number of pyridine rings is 1. The average molecular weight is 313 g/mol. The summed E-state index contributed by atoms with van der Waals surface area (Å²) in [6.45, 7) is -0.928. The van der Waals surface area contributed by atoms with Gasteiger partial charge in [0.2, 0.25) is 5.91 Å². The van der Waals surface area contributed by atoms with Crippen molar-refractivity contribution in [3.05, 3.63) is 54.4 Å². The normalized spacial score (nSPS) is 12.9. The number of nitrogens with zero attached hydrogens (tertiary/aromatic N) is 2. The third-order valence-electron chi connectivity index (χ3n) is 3.38. The van der Waals surface area contributed by atoms with E-state index in [1.165, 1.54) is 0 Å². The van der Waals surface area contributed by atoms with Crippen LogP contribution in [0.3, 0.4) is 0 Å². The molecule has 118 valence electrons. The van der Waals surface area contributed by atoms with E-state index in [2.05, 4.69) is 10.3 Å². The van der Waals surface area contributed by atoms with Gasteiger partial charge in [-0.25, -0.2) is 4.39 Å². The molecule has 0 aliphatic carbocycles. The fourth-order valence-corrected chi connectivity index (χ4v) is 2.17. The van der Waals surface area contributed by atoms with E-state index in [1.807, 2.05) is 12.1 Å². The van der Waals surface area contributed by atoms with Crippen molar-refractivity contribution >= 4 is 5.91 Å². The molecule has 2 atom stereocenters. The van der Waals surface area contributed by atoms with E-state index >= 15 is 0 Å². The maximum absolute atomic E-state index is 13.1. The van der Waals surface area contributed by atoms with Crippen molar-refractivity contribution in [2.45, 2.75) is 18.6 Å². The lowest BCUT2D eigenvalue weighted by molar-refractivity contribution is -0.121. The van der Waals surface area contributed by atoms with Crippen LogP contribution in [0.2, 0.25) is 0 Å². The van der Waals surface area contributed by atoms with Gasteiger partial charge in [-0.3, -0.25) is 9.78 Å². The molecular weight excluding hydrogens is 297 g/mol. The molecule has 1 amide bonds. The first-order valence-electron chi connectivity index (χ1n) is 7.06. The number of carbonyl (C=O) groups is 1. The minimum absolute atomic E-state index is 0.372. The van der Waals surface area contributed by atoms with Crippen LogP contribution in [-0.4, -0.2) is 28.7 Å². The summed E-state index contributed by atoms with van der Waals surface area (Å²) in [7, 11) is 0. The first kappa shape index (κ1) is 16.6. The van der Waals surface area contributed by atoms with Gasteiger partial charge in [-0.1, -0.05) is 30.3 Å². The summed E-state index contributed by atoms with van der Waals surface area (Å²) in [5.41, 5.74) is 2.33. The maximum atomic E-state index is 13.1. The second-order valence-electron chi connectivity index (χ2n) is 4.97. The van der Waals surface area contributed by atoms with Crippen LogP contribution in [0.25, 0.3) is 11.1 Å². The molecule has 0 aliphatic heterocycles. The Morgan fingerprint density at radius 3 is 2.61 bits per heavy atom. The van der Waals surface area contributed by atoms with Crippen LogP contribution in [0.4, 0.5) is 4.39 Å². The summed E-state index contributed by atoms with van der Waals surface area (Å²) in [6, 6.07) is 11.3. The van der Waals surface area contributed by atoms with E-state index in [0.717, 1.165) is 11.1 Å². The summed E-state index contributed by atoms with van der Waals surface area (Å²) >= 11 is 0. The molecule has 0 saturated heterocycles. The average Bonchev–Trinajstić information content (AvgIpc) is 2.60. The summed E-state index contributed by atoms with van der Waals surface area (Å²) < 4.78 is 13.1. The van der Waals surface area contributed by atoms with Gasteiger partial charge in [-0.2, -0.15) is 5.26 Å². The Hall–Kier alpha value is -2.78. The number of rotatable bonds is 6. The predicted octanol–water partition coefficient (Wildman–Crippen LogP) is 2.15. The third-order valence-corrected chi connectivity index (χ3v) is 3.38. The van der Waals surface area contributed by atoms with Gasteiger partial charge in [0, 0.05) is 12.4 Å². The highest BCUT2D eigenvalue weighted by molar-refractivity contribution is 5.78. The molecule has 23 heavy (non-hydrogen) atoms. The van der Waals surface area contributed by atoms with Gasteiger partial charge in [0.05, 0.1) is 12.1 Å². The van der Waals surface area contributed by atoms with Crippen molar-refractivity contribution in [1.29, 1.82) is 5.26 Å². The van der Waals surface area contributed by atoms with Gasteiger partial charge in [-0.15, -0.1) is 0 Å². The molecule has 2 rings (SSSR count). The van der Waals surface area contributed by atoms with Crippen molar-refractivity contribution < 1.29 is 14.3 Å². The van der Waals surface area contributed by atoms with Crippen LogP contribution in [0.15, 0.2) is 48.8 Å². The molecule has 6 heteroatoms. The van der Waals surface area contributed by atoms with Crippen molar-refractivity contribution in [2.24, 2.45) is 0 Å². The van der Waals surface area contributed by atoms with Crippen LogP contribution in [0.5, 0.6) is 0 Å². The Bertz CT molecular complexity index is 683. The zero-order chi connectivity index (χ0) is 16.7. The highest BCUT2D eigenvalue weighted by Crippen LogP contribution is 2.23. The van der Waals surface area contributed by atoms with Gasteiger partial charge in [-0.05, 0) is 22.8 Å². The van der Waals surface area contributed by atoms with Crippen LogP contribution in [-0.2, 0) is 4.79 Å². The number of alkyl halides is 1.